The Labute approximate surface area is 120 Å². The maximum Gasteiger partial charge on any atom is 0.311 e. The van der Waals surface area contributed by atoms with Crippen LogP contribution in [0.25, 0.3) is 0 Å². The number of hydrogen-bond acceptors (Lipinski definition) is 3. The van der Waals surface area contributed by atoms with Gasteiger partial charge < -0.3 is 4.74 Å². The molecule has 0 heterocycles. The van der Waals surface area contributed by atoms with Gasteiger partial charge in [-0.25, -0.2) is 0 Å². The Kier molecular flexibility index (Phi) is 3.98. The van der Waals surface area contributed by atoms with E-state index in [4.69, 9.17) is 4.74 Å². The Morgan fingerprint density at radius 2 is 1.95 bits per heavy atom. The fourth-order valence-corrected chi connectivity index (χ4v) is 2.48. The second-order valence-electron chi connectivity index (χ2n) is 6.44. The molecule has 0 aliphatic heterocycles. The number of esters is 1. The second kappa shape index (κ2) is 5.39. The first-order valence-corrected chi connectivity index (χ1v) is 7.18. The fraction of sp³-hybridized carbons (Fsp3) is 0.529. The van der Waals surface area contributed by atoms with E-state index >= 15 is 0 Å². The highest BCUT2D eigenvalue weighted by atomic mass is 16.5. The molecule has 0 saturated carbocycles. The van der Waals surface area contributed by atoms with Gasteiger partial charge in [0, 0.05) is 17.0 Å². The first kappa shape index (κ1) is 14.8. The third-order valence-electron chi connectivity index (χ3n) is 3.80. The molecular weight excluding hydrogens is 252 g/mol. The minimum Gasteiger partial charge on any atom is -0.457 e. The summed E-state index contributed by atoms with van der Waals surface area (Å²) in [6.45, 7) is 7.52. The standard InChI is InChI=1S/C17H22O3/c1-5-11-10-14(20-16(19)17(2,3)4)12-8-6-7-9-13(12)15(11)18/h6-9,11,14H,5,10H2,1-4H3. The summed E-state index contributed by atoms with van der Waals surface area (Å²) in [6, 6.07) is 7.46. The SMILES string of the molecule is CCC1CC(OC(=O)C(C)(C)C)c2ccccc2C1=O. The van der Waals surface area contributed by atoms with E-state index in [1.165, 1.54) is 0 Å². The largest absolute Gasteiger partial charge is 0.457 e. The zero-order valence-electron chi connectivity index (χ0n) is 12.6. The van der Waals surface area contributed by atoms with Crippen LogP contribution in [0.2, 0.25) is 0 Å². The summed E-state index contributed by atoms with van der Waals surface area (Å²) in [4.78, 5) is 24.4. The minimum atomic E-state index is -0.530. The summed E-state index contributed by atoms with van der Waals surface area (Å²) >= 11 is 0. The van der Waals surface area contributed by atoms with Crippen LogP contribution in [0.4, 0.5) is 0 Å². The lowest BCUT2D eigenvalue weighted by atomic mass is 9.79. The third kappa shape index (κ3) is 2.77. The van der Waals surface area contributed by atoms with Crippen molar-refractivity contribution in [3.8, 4) is 0 Å². The van der Waals surface area contributed by atoms with E-state index in [0.29, 0.717) is 12.0 Å². The number of fused-ring (bicyclic) bond motifs is 1. The van der Waals surface area contributed by atoms with E-state index in [1.807, 2.05) is 52.0 Å². The van der Waals surface area contributed by atoms with Crippen LogP contribution in [0.3, 0.4) is 0 Å². The molecule has 0 N–H and O–H groups in total. The van der Waals surface area contributed by atoms with Gasteiger partial charge in [0.15, 0.2) is 5.78 Å². The quantitative estimate of drug-likeness (QED) is 0.767. The monoisotopic (exact) mass is 274 g/mol. The van der Waals surface area contributed by atoms with E-state index < -0.39 is 5.41 Å². The van der Waals surface area contributed by atoms with Crippen molar-refractivity contribution in [2.45, 2.75) is 46.6 Å². The van der Waals surface area contributed by atoms with Crippen LogP contribution in [0.1, 0.15) is 62.6 Å². The van der Waals surface area contributed by atoms with Gasteiger partial charge in [0.1, 0.15) is 6.10 Å². The summed E-state index contributed by atoms with van der Waals surface area (Å²) in [7, 11) is 0. The summed E-state index contributed by atoms with van der Waals surface area (Å²) in [5.74, 6) is -0.102. The van der Waals surface area contributed by atoms with Crippen molar-refractivity contribution >= 4 is 11.8 Å². The third-order valence-corrected chi connectivity index (χ3v) is 3.80. The smallest absolute Gasteiger partial charge is 0.311 e. The molecule has 3 nitrogen and oxygen atoms in total. The Morgan fingerprint density at radius 1 is 1.30 bits per heavy atom. The molecule has 0 saturated heterocycles. The molecule has 0 amide bonds. The number of carbonyl (C=O) groups is 2. The lowest BCUT2D eigenvalue weighted by Crippen LogP contribution is -2.31. The highest BCUT2D eigenvalue weighted by Gasteiger charge is 2.36. The lowest BCUT2D eigenvalue weighted by molar-refractivity contribution is -0.160. The maximum absolute atomic E-state index is 12.3. The Balaban J connectivity index is 2.32. The number of carbonyl (C=O) groups excluding carboxylic acids is 2. The van der Waals surface area contributed by atoms with Gasteiger partial charge in [-0.15, -0.1) is 0 Å². The zero-order chi connectivity index (χ0) is 14.9. The van der Waals surface area contributed by atoms with Crippen LogP contribution in [0, 0.1) is 11.3 Å². The molecule has 1 aromatic carbocycles. The van der Waals surface area contributed by atoms with Crippen LogP contribution in [0.15, 0.2) is 24.3 Å². The van der Waals surface area contributed by atoms with Gasteiger partial charge in [-0.05, 0) is 33.6 Å². The van der Waals surface area contributed by atoms with Gasteiger partial charge in [-0.2, -0.15) is 0 Å². The van der Waals surface area contributed by atoms with Gasteiger partial charge in [0.25, 0.3) is 0 Å². The van der Waals surface area contributed by atoms with Crippen LogP contribution in [0.5, 0.6) is 0 Å². The Bertz CT molecular complexity index is 525. The average molecular weight is 274 g/mol. The van der Waals surface area contributed by atoms with Gasteiger partial charge in [0.2, 0.25) is 0 Å². The molecule has 2 atom stereocenters. The summed E-state index contributed by atoms with van der Waals surface area (Å²) in [5, 5.41) is 0. The van der Waals surface area contributed by atoms with Crippen LogP contribution in [-0.2, 0) is 9.53 Å². The lowest BCUT2D eigenvalue weighted by Gasteiger charge is -2.31. The molecule has 0 spiro atoms. The molecule has 2 rings (SSSR count). The number of benzene rings is 1. The fourth-order valence-electron chi connectivity index (χ4n) is 2.48. The summed E-state index contributed by atoms with van der Waals surface area (Å²) < 4.78 is 5.67. The normalized spacial score (nSPS) is 22.3. The highest BCUT2D eigenvalue weighted by Crippen LogP contribution is 2.38. The van der Waals surface area contributed by atoms with E-state index in [2.05, 4.69) is 0 Å². The van der Waals surface area contributed by atoms with Gasteiger partial charge >= 0.3 is 5.97 Å². The predicted molar refractivity (Wildman–Crippen MR) is 77.5 cm³/mol. The van der Waals surface area contributed by atoms with Crippen LogP contribution >= 0.6 is 0 Å². The maximum atomic E-state index is 12.3. The van der Waals surface area contributed by atoms with Crippen LogP contribution in [-0.4, -0.2) is 11.8 Å². The van der Waals surface area contributed by atoms with Crippen molar-refractivity contribution in [2.75, 3.05) is 0 Å². The first-order valence-electron chi connectivity index (χ1n) is 7.18. The number of ketones is 1. The van der Waals surface area contributed by atoms with E-state index in [-0.39, 0.29) is 23.8 Å². The molecule has 0 aromatic heterocycles. The number of Topliss-reactive ketones (excluding diaryl/α,β-unsaturated/α-hetero) is 1. The van der Waals surface area contributed by atoms with Crippen molar-refractivity contribution < 1.29 is 14.3 Å². The average Bonchev–Trinajstić information content (AvgIpc) is 2.41. The van der Waals surface area contributed by atoms with Gasteiger partial charge in [-0.3, -0.25) is 9.59 Å². The topological polar surface area (TPSA) is 43.4 Å². The molecule has 1 aliphatic carbocycles. The molecule has 2 unspecified atom stereocenters. The zero-order valence-corrected chi connectivity index (χ0v) is 12.6. The number of hydrogen-bond donors (Lipinski definition) is 0. The van der Waals surface area contributed by atoms with Crippen LogP contribution < -0.4 is 0 Å². The molecule has 108 valence electrons. The molecule has 20 heavy (non-hydrogen) atoms. The van der Waals surface area contributed by atoms with Crippen molar-refractivity contribution in [3.05, 3.63) is 35.4 Å². The Morgan fingerprint density at radius 3 is 2.55 bits per heavy atom. The van der Waals surface area contributed by atoms with Crippen molar-refractivity contribution in [1.82, 2.24) is 0 Å². The summed E-state index contributed by atoms with van der Waals surface area (Å²) in [6.07, 6.45) is 1.06. The Hall–Kier alpha value is -1.64. The molecule has 1 aliphatic rings. The highest BCUT2D eigenvalue weighted by molar-refractivity contribution is 6.00. The van der Waals surface area contributed by atoms with E-state index in [9.17, 15) is 9.59 Å². The van der Waals surface area contributed by atoms with Crippen molar-refractivity contribution in [3.63, 3.8) is 0 Å². The number of rotatable bonds is 2. The minimum absolute atomic E-state index is 0.0531. The van der Waals surface area contributed by atoms with Gasteiger partial charge in [0.05, 0.1) is 5.41 Å². The van der Waals surface area contributed by atoms with E-state index in [0.717, 1.165) is 12.0 Å². The molecule has 0 radical (unpaired) electrons. The molecule has 3 heteroatoms. The molecule has 0 bridgehead atoms. The second-order valence-corrected chi connectivity index (χ2v) is 6.44. The van der Waals surface area contributed by atoms with Gasteiger partial charge in [-0.1, -0.05) is 31.2 Å². The first-order chi connectivity index (χ1) is 9.34. The molecule has 0 fully saturated rings. The van der Waals surface area contributed by atoms with Crippen molar-refractivity contribution in [1.29, 1.82) is 0 Å². The van der Waals surface area contributed by atoms with E-state index in [1.54, 1.807) is 0 Å². The molecular formula is C17H22O3. The molecule has 1 aromatic rings. The summed E-state index contributed by atoms with van der Waals surface area (Å²) in [5.41, 5.74) is 1.02. The van der Waals surface area contributed by atoms with Crippen molar-refractivity contribution in [2.24, 2.45) is 11.3 Å². The number of ether oxygens (including phenoxy) is 1. The predicted octanol–water partition coefficient (Wildman–Crippen LogP) is 3.93.